The zero-order chi connectivity index (χ0) is 18.4. The fourth-order valence-electron chi connectivity index (χ4n) is 2.43. The predicted molar refractivity (Wildman–Crippen MR) is 96.4 cm³/mol. The van der Waals surface area contributed by atoms with Crippen LogP contribution in [0.2, 0.25) is 0 Å². The average molecular weight is 341 g/mol. The van der Waals surface area contributed by atoms with Crippen molar-refractivity contribution in [1.82, 2.24) is 0 Å². The SMILES string of the molecule is CCCCCCCCC(=O)CCC(=O)CCC(=O)CC[N+](C)(C)[O-]. The largest absolute Gasteiger partial charge is 0.633 e. The summed E-state index contributed by atoms with van der Waals surface area (Å²) >= 11 is 0. The molecule has 0 fully saturated rings. The molecule has 0 amide bonds. The van der Waals surface area contributed by atoms with Crippen LogP contribution in [0.15, 0.2) is 0 Å². The average Bonchev–Trinajstić information content (AvgIpc) is 2.51. The first-order valence-corrected chi connectivity index (χ1v) is 9.33. The Hall–Kier alpha value is -1.07. The summed E-state index contributed by atoms with van der Waals surface area (Å²) in [6.07, 6.45) is 8.58. The van der Waals surface area contributed by atoms with Gasteiger partial charge in [-0.1, -0.05) is 39.0 Å². The molecular weight excluding hydrogens is 306 g/mol. The Kier molecular flexibility index (Phi) is 12.7. The van der Waals surface area contributed by atoms with E-state index in [2.05, 4.69) is 6.92 Å². The number of carbonyl (C=O) groups excluding carboxylic acids is 3. The first-order valence-electron chi connectivity index (χ1n) is 9.33. The summed E-state index contributed by atoms with van der Waals surface area (Å²) in [5.74, 6) is 0.0647. The van der Waals surface area contributed by atoms with Crippen molar-refractivity contribution in [3.63, 3.8) is 0 Å². The molecule has 140 valence electrons. The molecular formula is C19H35NO4. The number of hydrogen-bond acceptors (Lipinski definition) is 4. The van der Waals surface area contributed by atoms with Gasteiger partial charge in [0.2, 0.25) is 0 Å². The minimum Gasteiger partial charge on any atom is -0.633 e. The summed E-state index contributed by atoms with van der Waals surface area (Å²) in [6.45, 7) is 2.42. The van der Waals surface area contributed by atoms with E-state index < -0.39 is 4.65 Å². The van der Waals surface area contributed by atoms with E-state index >= 15 is 0 Å². The van der Waals surface area contributed by atoms with Crippen molar-refractivity contribution in [2.24, 2.45) is 0 Å². The highest BCUT2D eigenvalue weighted by Crippen LogP contribution is 2.10. The maximum absolute atomic E-state index is 11.7. The summed E-state index contributed by atoms with van der Waals surface area (Å²) in [6, 6.07) is 0. The number of ketones is 3. The molecule has 0 bridgehead atoms. The minimum atomic E-state index is -0.493. The molecule has 0 atom stereocenters. The van der Waals surface area contributed by atoms with Crippen LogP contribution in [0.25, 0.3) is 0 Å². The first-order chi connectivity index (χ1) is 11.2. The van der Waals surface area contributed by atoms with Crippen molar-refractivity contribution >= 4 is 17.3 Å². The molecule has 0 saturated heterocycles. The van der Waals surface area contributed by atoms with E-state index in [9.17, 15) is 19.6 Å². The van der Waals surface area contributed by atoms with Crippen LogP contribution in [0.5, 0.6) is 0 Å². The van der Waals surface area contributed by atoms with E-state index in [0.717, 1.165) is 12.8 Å². The maximum atomic E-state index is 11.7. The standard InChI is InChI=1S/C19H35NO4/c1-4-5-6-7-8-9-10-17(21)11-12-18(22)13-14-19(23)15-16-20(2,3)24/h4-16H2,1-3H3. The van der Waals surface area contributed by atoms with Crippen molar-refractivity contribution in [2.45, 2.75) is 84.0 Å². The molecule has 5 nitrogen and oxygen atoms in total. The molecule has 5 heteroatoms. The van der Waals surface area contributed by atoms with Gasteiger partial charge in [0.05, 0.1) is 27.1 Å². The number of quaternary nitrogens is 1. The van der Waals surface area contributed by atoms with Crippen LogP contribution in [0.1, 0.15) is 84.0 Å². The topological polar surface area (TPSA) is 74.3 Å². The minimum absolute atomic E-state index is 0.0319. The van der Waals surface area contributed by atoms with Crippen LogP contribution in [0.3, 0.4) is 0 Å². The Morgan fingerprint density at radius 2 is 1.08 bits per heavy atom. The maximum Gasteiger partial charge on any atom is 0.138 e. The third kappa shape index (κ3) is 15.8. The van der Waals surface area contributed by atoms with Crippen LogP contribution >= 0.6 is 0 Å². The summed E-state index contributed by atoms with van der Waals surface area (Å²) in [5, 5.41) is 11.4. The lowest BCUT2D eigenvalue weighted by molar-refractivity contribution is -0.839. The lowest BCUT2D eigenvalue weighted by atomic mass is 10.0. The van der Waals surface area contributed by atoms with Gasteiger partial charge in [0.1, 0.15) is 17.3 Å². The summed E-state index contributed by atoms with van der Waals surface area (Å²) < 4.78 is -0.493. The second-order valence-corrected chi connectivity index (χ2v) is 7.18. The quantitative estimate of drug-likeness (QED) is 0.242. The molecule has 0 aromatic heterocycles. The molecule has 0 N–H and O–H groups in total. The number of hydroxylamine groups is 3. The van der Waals surface area contributed by atoms with Gasteiger partial charge < -0.3 is 9.85 Å². The lowest BCUT2D eigenvalue weighted by Crippen LogP contribution is -2.34. The zero-order valence-corrected chi connectivity index (χ0v) is 15.8. The van der Waals surface area contributed by atoms with Crippen LogP contribution in [-0.4, -0.2) is 42.6 Å². The molecule has 0 spiro atoms. The van der Waals surface area contributed by atoms with E-state index in [1.165, 1.54) is 39.8 Å². The van der Waals surface area contributed by atoms with Crippen molar-refractivity contribution in [1.29, 1.82) is 0 Å². The van der Waals surface area contributed by atoms with Gasteiger partial charge in [0.25, 0.3) is 0 Å². The molecule has 0 heterocycles. The van der Waals surface area contributed by atoms with E-state index in [1.807, 2.05) is 0 Å². The highest BCUT2D eigenvalue weighted by Gasteiger charge is 2.12. The second kappa shape index (κ2) is 13.2. The first kappa shape index (κ1) is 22.9. The molecule has 24 heavy (non-hydrogen) atoms. The fraction of sp³-hybridized carbons (Fsp3) is 0.842. The molecule has 0 aliphatic rings. The molecule has 0 aliphatic heterocycles. The van der Waals surface area contributed by atoms with Gasteiger partial charge in [-0.3, -0.25) is 14.4 Å². The number of nitrogens with zero attached hydrogens (tertiary/aromatic N) is 1. The Bertz CT molecular complexity index is 385. The summed E-state index contributed by atoms with van der Waals surface area (Å²) in [5.41, 5.74) is 0. The summed E-state index contributed by atoms with van der Waals surface area (Å²) in [4.78, 5) is 35.1. The van der Waals surface area contributed by atoms with Crippen molar-refractivity contribution in [3.05, 3.63) is 5.21 Å². The van der Waals surface area contributed by atoms with Crippen molar-refractivity contribution in [2.75, 3.05) is 20.6 Å². The number of Topliss-reactive ketones (excluding diaryl/α,β-unsaturated/α-hetero) is 3. The molecule has 0 aromatic rings. The third-order valence-corrected chi connectivity index (χ3v) is 4.10. The monoisotopic (exact) mass is 341 g/mol. The van der Waals surface area contributed by atoms with Crippen LogP contribution in [-0.2, 0) is 14.4 Å². The second-order valence-electron chi connectivity index (χ2n) is 7.18. The number of carbonyl (C=O) groups is 3. The van der Waals surface area contributed by atoms with Crippen LogP contribution in [0.4, 0.5) is 0 Å². The fourth-order valence-corrected chi connectivity index (χ4v) is 2.43. The molecule has 0 unspecified atom stereocenters. The molecule has 0 radical (unpaired) electrons. The van der Waals surface area contributed by atoms with E-state index in [-0.39, 0.29) is 49.6 Å². The third-order valence-electron chi connectivity index (χ3n) is 4.10. The Morgan fingerprint density at radius 3 is 1.58 bits per heavy atom. The van der Waals surface area contributed by atoms with Crippen LogP contribution in [0, 0.1) is 5.21 Å². The van der Waals surface area contributed by atoms with E-state index in [0.29, 0.717) is 12.8 Å². The number of hydrogen-bond donors (Lipinski definition) is 0. The normalized spacial score (nSPS) is 11.5. The predicted octanol–water partition coefficient (Wildman–Crippen LogP) is 3.97. The zero-order valence-electron chi connectivity index (χ0n) is 15.8. The molecule has 0 aromatic carbocycles. The number of unbranched alkanes of at least 4 members (excludes halogenated alkanes) is 5. The van der Waals surface area contributed by atoms with Crippen molar-refractivity contribution < 1.29 is 19.0 Å². The van der Waals surface area contributed by atoms with Gasteiger partial charge in [-0.2, -0.15) is 0 Å². The van der Waals surface area contributed by atoms with Gasteiger partial charge >= 0.3 is 0 Å². The molecule has 0 saturated carbocycles. The molecule has 0 aliphatic carbocycles. The Balaban J connectivity index is 3.63. The van der Waals surface area contributed by atoms with Gasteiger partial charge in [0, 0.05) is 32.1 Å². The van der Waals surface area contributed by atoms with E-state index in [1.54, 1.807) is 0 Å². The highest BCUT2D eigenvalue weighted by molar-refractivity contribution is 5.89. The Morgan fingerprint density at radius 1 is 0.667 bits per heavy atom. The summed E-state index contributed by atoms with van der Waals surface area (Å²) in [7, 11) is 2.99. The Labute approximate surface area is 147 Å². The van der Waals surface area contributed by atoms with Crippen molar-refractivity contribution in [3.8, 4) is 0 Å². The molecule has 0 rings (SSSR count). The van der Waals surface area contributed by atoms with Gasteiger partial charge in [-0.15, -0.1) is 0 Å². The smallest absolute Gasteiger partial charge is 0.138 e. The van der Waals surface area contributed by atoms with Gasteiger partial charge in [-0.05, 0) is 6.42 Å². The lowest BCUT2D eigenvalue weighted by Gasteiger charge is -2.33. The van der Waals surface area contributed by atoms with Gasteiger partial charge in [-0.25, -0.2) is 0 Å². The van der Waals surface area contributed by atoms with Gasteiger partial charge in [0.15, 0.2) is 0 Å². The van der Waals surface area contributed by atoms with Crippen LogP contribution < -0.4 is 0 Å². The number of rotatable bonds is 16. The highest BCUT2D eigenvalue weighted by atomic mass is 16.5. The van der Waals surface area contributed by atoms with E-state index in [4.69, 9.17) is 0 Å².